The summed E-state index contributed by atoms with van der Waals surface area (Å²) >= 11 is 0.820. The van der Waals surface area contributed by atoms with E-state index in [-0.39, 0.29) is 34.2 Å². The first-order valence-corrected chi connectivity index (χ1v) is 11.8. The lowest BCUT2D eigenvalue weighted by atomic mass is 10.1. The molecule has 0 unspecified atom stereocenters. The number of carbonyl (C=O) groups is 2. The van der Waals surface area contributed by atoms with Gasteiger partial charge < -0.3 is 20.7 Å². The Bertz CT molecular complexity index is 979. The van der Waals surface area contributed by atoms with E-state index in [0.29, 0.717) is 13.0 Å². The van der Waals surface area contributed by atoms with Crippen molar-refractivity contribution in [2.24, 2.45) is 5.73 Å². The number of benzene rings is 1. The van der Waals surface area contributed by atoms with Crippen LogP contribution in [0.25, 0.3) is 0 Å². The van der Waals surface area contributed by atoms with Gasteiger partial charge in [-0.05, 0) is 81.0 Å². The Hall–Kier alpha value is -2.79. The van der Waals surface area contributed by atoms with E-state index in [1.165, 1.54) is 12.8 Å². The van der Waals surface area contributed by atoms with Gasteiger partial charge in [0, 0.05) is 12.1 Å². The van der Waals surface area contributed by atoms with Gasteiger partial charge in [0.05, 0.1) is 0 Å². The van der Waals surface area contributed by atoms with E-state index < -0.39 is 23.6 Å². The third-order valence-electron chi connectivity index (χ3n) is 5.48. The number of rotatable bonds is 11. The fourth-order valence-electron chi connectivity index (χ4n) is 3.65. The molecule has 0 atom stereocenters. The Labute approximate surface area is 195 Å². The molecular weight excluding hydrogens is 452 g/mol. The zero-order valence-electron chi connectivity index (χ0n) is 18.6. The maximum Gasteiger partial charge on any atom is 0.319 e. The Kier molecular flexibility index (Phi) is 8.95. The predicted molar refractivity (Wildman–Crippen MR) is 123 cm³/mol. The van der Waals surface area contributed by atoms with Crippen LogP contribution in [0, 0.1) is 11.6 Å². The molecule has 1 saturated heterocycles. The number of nitrogens with one attached hydrogen (secondary N) is 2. The molecule has 180 valence electrons. The molecule has 2 aromatic rings. The number of unbranched alkanes of at least 4 members (excludes halogenated alkanes) is 1. The van der Waals surface area contributed by atoms with E-state index >= 15 is 0 Å². The minimum atomic E-state index is -0.854. The normalized spacial score (nSPS) is 13.8. The van der Waals surface area contributed by atoms with Crippen molar-refractivity contribution >= 4 is 28.5 Å². The van der Waals surface area contributed by atoms with Crippen molar-refractivity contribution < 1.29 is 23.1 Å². The van der Waals surface area contributed by atoms with Gasteiger partial charge in [0.2, 0.25) is 5.88 Å². The number of halogens is 2. The van der Waals surface area contributed by atoms with Crippen LogP contribution in [-0.4, -0.2) is 47.4 Å². The third kappa shape index (κ3) is 6.84. The maximum absolute atomic E-state index is 14.2. The van der Waals surface area contributed by atoms with Crippen molar-refractivity contribution in [3.05, 3.63) is 40.5 Å². The van der Waals surface area contributed by atoms with Gasteiger partial charge in [0.15, 0.2) is 0 Å². The number of urea groups is 1. The molecule has 3 rings (SSSR count). The Morgan fingerprint density at radius 2 is 1.88 bits per heavy atom. The zero-order valence-corrected chi connectivity index (χ0v) is 19.4. The summed E-state index contributed by atoms with van der Waals surface area (Å²) in [7, 11) is 0. The number of primary amides is 1. The van der Waals surface area contributed by atoms with Crippen LogP contribution in [0.2, 0.25) is 0 Å². The molecule has 0 bridgehead atoms. The number of likely N-dealkylation sites (tertiary alicyclic amines) is 1. The quantitative estimate of drug-likeness (QED) is 0.425. The lowest BCUT2D eigenvalue weighted by Crippen LogP contribution is -2.30. The minimum absolute atomic E-state index is 0.0192. The van der Waals surface area contributed by atoms with Crippen molar-refractivity contribution in [2.75, 3.05) is 31.5 Å². The summed E-state index contributed by atoms with van der Waals surface area (Å²) in [6.07, 6.45) is 4.68. The Balaban J connectivity index is 1.53. The fraction of sp³-hybridized carbons (Fsp3) is 0.500. The molecule has 3 amide bonds. The SMILES string of the molecule is CCc1cc(F)c(COc2nsc(NC(=O)NCCCCN3CCCC3)c2C(N)=O)cc1F. The van der Waals surface area contributed by atoms with Crippen molar-refractivity contribution in [3.8, 4) is 5.88 Å². The van der Waals surface area contributed by atoms with E-state index in [0.717, 1.165) is 56.1 Å². The zero-order chi connectivity index (χ0) is 23.8. The van der Waals surface area contributed by atoms with Gasteiger partial charge in [0.25, 0.3) is 5.91 Å². The van der Waals surface area contributed by atoms with E-state index in [9.17, 15) is 18.4 Å². The molecule has 4 N–H and O–H groups in total. The second-order valence-corrected chi connectivity index (χ2v) is 8.64. The number of aryl methyl sites for hydroxylation is 1. The molecule has 1 aliphatic heterocycles. The first-order valence-electron chi connectivity index (χ1n) is 11.0. The van der Waals surface area contributed by atoms with Crippen LogP contribution in [-0.2, 0) is 13.0 Å². The highest BCUT2D eigenvalue weighted by Crippen LogP contribution is 2.31. The number of amides is 3. The molecule has 0 spiro atoms. The predicted octanol–water partition coefficient (Wildman–Crippen LogP) is 3.66. The Morgan fingerprint density at radius 1 is 1.18 bits per heavy atom. The molecule has 11 heteroatoms. The van der Waals surface area contributed by atoms with Crippen LogP contribution in [0.15, 0.2) is 12.1 Å². The lowest BCUT2D eigenvalue weighted by Gasteiger charge is -2.14. The number of carbonyl (C=O) groups excluding carboxylic acids is 2. The molecule has 0 saturated carbocycles. The van der Waals surface area contributed by atoms with Crippen LogP contribution in [0.1, 0.15) is 54.1 Å². The number of nitrogens with two attached hydrogens (primary N) is 1. The lowest BCUT2D eigenvalue weighted by molar-refractivity contribution is 0.0996. The van der Waals surface area contributed by atoms with Crippen LogP contribution in [0.3, 0.4) is 0 Å². The standard InChI is InChI=1S/C22H29F2N5O3S/c1-2-14-11-17(24)15(12-16(14)23)13-32-20-18(19(25)30)21(33-28-20)27-22(31)26-7-3-4-8-29-9-5-6-10-29/h11-12H,2-10,13H2,1H3,(H2,25,30)(H2,26,27,31). The summed E-state index contributed by atoms with van der Waals surface area (Å²) < 4.78 is 37.6. The first-order chi connectivity index (χ1) is 15.9. The van der Waals surface area contributed by atoms with Crippen LogP contribution >= 0.6 is 11.5 Å². The monoisotopic (exact) mass is 481 g/mol. The second-order valence-electron chi connectivity index (χ2n) is 7.87. The van der Waals surface area contributed by atoms with Crippen molar-refractivity contribution in [3.63, 3.8) is 0 Å². The molecule has 1 fully saturated rings. The first kappa shape index (κ1) is 24.8. The summed E-state index contributed by atoms with van der Waals surface area (Å²) in [5.74, 6) is -2.16. The number of hydrogen-bond donors (Lipinski definition) is 3. The van der Waals surface area contributed by atoms with Crippen molar-refractivity contribution in [2.45, 2.75) is 45.6 Å². The summed E-state index contributed by atoms with van der Waals surface area (Å²) in [4.78, 5) is 26.5. The second kappa shape index (κ2) is 11.9. The van der Waals surface area contributed by atoms with E-state index in [1.54, 1.807) is 6.92 Å². The van der Waals surface area contributed by atoms with Gasteiger partial charge in [-0.15, -0.1) is 0 Å². The number of ether oxygens (including phenoxy) is 1. The van der Waals surface area contributed by atoms with Gasteiger partial charge in [-0.25, -0.2) is 13.6 Å². The number of anilines is 1. The molecule has 33 heavy (non-hydrogen) atoms. The van der Waals surface area contributed by atoms with Gasteiger partial charge in [-0.3, -0.25) is 10.1 Å². The Morgan fingerprint density at radius 3 is 2.58 bits per heavy atom. The van der Waals surface area contributed by atoms with Crippen LogP contribution in [0.5, 0.6) is 5.88 Å². The van der Waals surface area contributed by atoms with Gasteiger partial charge in [-0.2, -0.15) is 4.37 Å². The van der Waals surface area contributed by atoms with Gasteiger partial charge >= 0.3 is 6.03 Å². The maximum atomic E-state index is 14.2. The number of aromatic nitrogens is 1. The molecule has 0 radical (unpaired) electrons. The molecule has 1 aromatic carbocycles. The summed E-state index contributed by atoms with van der Waals surface area (Å²) in [5.41, 5.74) is 5.56. The molecule has 0 aliphatic carbocycles. The molecule has 1 aliphatic rings. The fourth-order valence-corrected chi connectivity index (χ4v) is 4.39. The molecule has 2 heterocycles. The van der Waals surface area contributed by atoms with Crippen LogP contribution < -0.4 is 21.1 Å². The van der Waals surface area contributed by atoms with E-state index in [1.807, 2.05) is 0 Å². The van der Waals surface area contributed by atoms with Crippen molar-refractivity contribution in [1.82, 2.24) is 14.6 Å². The summed E-state index contributed by atoms with van der Waals surface area (Å²) in [5, 5.41) is 5.42. The van der Waals surface area contributed by atoms with Crippen LogP contribution in [0.4, 0.5) is 18.6 Å². The topological polar surface area (TPSA) is 110 Å². The van der Waals surface area contributed by atoms with E-state index in [2.05, 4.69) is 19.9 Å². The number of hydrogen-bond acceptors (Lipinski definition) is 6. The van der Waals surface area contributed by atoms with Gasteiger partial charge in [-0.1, -0.05) is 6.92 Å². The molecule has 8 nitrogen and oxygen atoms in total. The molecular formula is C22H29F2N5O3S. The highest BCUT2D eigenvalue weighted by Gasteiger charge is 2.22. The van der Waals surface area contributed by atoms with Crippen molar-refractivity contribution in [1.29, 1.82) is 0 Å². The molecule has 1 aromatic heterocycles. The largest absolute Gasteiger partial charge is 0.471 e. The summed E-state index contributed by atoms with van der Waals surface area (Å²) in [6, 6.07) is 1.69. The average Bonchev–Trinajstić information content (AvgIpc) is 3.43. The minimum Gasteiger partial charge on any atom is -0.471 e. The average molecular weight is 482 g/mol. The van der Waals surface area contributed by atoms with Gasteiger partial charge in [0.1, 0.15) is 28.8 Å². The highest BCUT2D eigenvalue weighted by molar-refractivity contribution is 7.11. The third-order valence-corrected chi connectivity index (χ3v) is 6.23. The number of nitrogens with zero attached hydrogens (tertiary/aromatic N) is 2. The smallest absolute Gasteiger partial charge is 0.319 e. The summed E-state index contributed by atoms with van der Waals surface area (Å²) in [6.45, 7) is 5.18. The van der Waals surface area contributed by atoms with E-state index in [4.69, 9.17) is 10.5 Å². The highest BCUT2D eigenvalue weighted by atomic mass is 32.1.